The topological polar surface area (TPSA) is 3.24 Å². The van der Waals surface area contributed by atoms with Crippen LogP contribution in [0.15, 0.2) is 48.5 Å². The van der Waals surface area contributed by atoms with Gasteiger partial charge in [-0.25, -0.2) is 0 Å². The van der Waals surface area contributed by atoms with Crippen molar-refractivity contribution < 1.29 is 0 Å². The molecule has 0 aromatic heterocycles. The monoisotopic (exact) mass is 263 g/mol. The molecule has 0 amide bonds. The van der Waals surface area contributed by atoms with E-state index in [0.29, 0.717) is 0 Å². The van der Waals surface area contributed by atoms with E-state index in [9.17, 15) is 0 Å². The van der Waals surface area contributed by atoms with Crippen LogP contribution < -0.4 is 0 Å². The maximum absolute atomic E-state index is 2.62. The van der Waals surface area contributed by atoms with Gasteiger partial charge < -0.3 is 4.90 Å². The largest absolute Gasteiger partial charge is 0.303 e. The Balaban J connectivity index is 1.63. The van der Waals surface area contributed by atoms with Gasteiger partial charge in [0.25, 0.3) is 0 Å². The molecule has 5 rings (SSSR count). The van der Waals surface area contributed by atoms with Gasteiger partial charge in [-0.3, -0.25) is 0 Å². The van der Waals surface area contributed by atoms with Gasteiger partial charge in [0, 0.05) is 6.54 Å². The molecule has 102 valence electrons. The Morgan fingerprint density at radius 2 is 1.75 bits per heavy atom. The van der Waals surface area contributed by atoms with Crippen LogP contribution in [0.5, 0.6) is 0 Å². The SMILES string of the molecule is C(=C\C1CN2CCC1CC2)/c1cccc2ccccc12. The quantitative estimate of drug-likeness (QED) is 0.785. The first-order valence-electron chi connectivity index (χ1n) is 7.78. The second-order valence-corrected chi connectivity index (χ2v) is 6.23. The van der Waals surface area contributed by atoms with Crippen molar-refractivity contribution >= 4 is 16.8 Å². The summed E-state index contributed by atoms with van der Waals surface area (Å²) in [6.45, 7) is 3.92. The molecular weight excluding hydrogens is 242 g/mol. The lowest BCUT2D eigenvalue weighted by atomic mass is 9.79. The van der Waals surface area contributed by atoms with Gasteiger partial charge in [0.05, 0.1) is 0 Å². The van der Waals surface area contributed by atoms with Crippen LogP contribution >= 0.6 is 0 Å². The third kappa shape index (κ3) is 2.16. The summed E-state index contributed by atoms with van der Waals surface area (Å²) in [6, 6.07) is 15.3. The second kappa shape index (κ2) is 5.06. The number of hydrogen-bond acceptors (Lipinski definition) is 1. The van der Waals surface area contributed by atoms with Crippen LogP contribution in [0, 0.1) is 11.8 Å². The number of piperidine rings is 3. The Morgan fingerprint density at radius 3 is 2.55 bits per heavy atom. The number of rotatable bonds is 2. The van der Waals surface area contributed by atoms with Crippen LogP contribution in [-0.4, -0.2) is 24.5 Å². The Morgan fingerprint density at radius 1 is 0.950 bits per heavy atom. The molecule has 3 aliphatic rings. The van der Waals surface area contributed by atoms with Crippen LogP contribution in [-0.2, 0) is 0 Å². The van der Waals surface area contributed by atoms with Crippen molar-refractivity contribution in [3.8, 4) is 0 Å². The lowest BCUT2D eigenvalue weighted by molar-refractivity contribution is 0.0740. The Kier molecular flexibility index (Phi) is 3.08. The normalized spacial score (nSPS) is 29.3. The molecule has 2 aromatic carbocycles. The van der Waals surface area contributed by atoms with Crippen LogP contribution in [0.25, 0.3) is 16.8 Å². The highest BCUT2D eigenvalue weighted by molar-refractivity contribution is 5.90. The van der Waals surface area contributed by atoms with Crippen molar-refractivity contribution in [2.75, 3.05) is 19.6 Å². The lowest BCUT2D eigenvalue weighted by Crippen LogP contribution is -2.46. The average Bonchev–Trinajstić information content (AvgIpc) is 2.54. The van der Waals surface area contributed by atoms with Crippen molar-refractivity contribution in [2.24, 2.45) is 11.8 Å². The Bertz CT molecular complexity index is 630. The molecule has 0 aliphatic carbocycles. The second-order valence-electron chi connectivity index (χ2n) is 6.23. The zero-order valence-electron chi connectivity index (χ0n) is 11.8. The average molecular weight is 263 g/mol. The first kappa shape index (κ1) is 12.2. The Labute approximate surface area is 120 Å². The molecular formula is C19H21N. The highest BCUT2D eigenvalue weighted by atomic mass is 15.1. The summed E-state index contributed by atoms with van der Waals surface area (Å²) >= 11 is 0. The zero-order valence-corrected chi connectivity index (χ0v) is 11.8. The molecule has 3 heterocycles. The van der Waals surface area contributed by atoms with E-state index < -0.39 is 0 Å². The fourth-order valence-electron chi connectivity index (χ4n) is 3.85. The third-order valence-corrected chi connectivity index (χ3v) is 5.05. The number of fused-ring (bicyclic) bond motifs is 4. The first-order chi connectivity index (χ1) is 9.90. The molecule has 0 radical (unpaired) electrons. The van der Waals surface area contributed by atoms with E-state index >= 15 is 0 Å². The minimum atomic E-state index is 0.761. The fourth-order valence-corrected chi connectivity index (χ4v) is 3.85. The summed E-state index contributed by atoms with van der Waals surface area (Å²) in [6.07, 6.45) is 7.61. The van der Waals surface area contributed by atoms with Crippen molar-refractivity contribution in [1.29, 1.82) is 0 Å². The highest BCUT2D eigenvalue weighted by Gasteiger charge is 2.32. The predicted octanol–water partition coefficient (Wildman–Crippen LogP) is 4.19. The zero-order chi connectivity index (χ0) is 13.4. The smallest absolute Gasteiger partial charge is 0.00471 e. The predicted molar refractivity (Wildman–Crippen MR) is 85.6 cm³/mol. The minimum Gasteiger partial charge on any atom is -0.303 e. The van der Waals surface area contributed by atoms with Crippen molar-refractivity contribution in [3.63, 3.8) is 0 Å². The van der Waals surface area contributed by atoms with Gasteiger partial charge in [0.2, 0.25) is 0 Å². The molecule has 0 saturated carbocycles. The van der Waals surface area contributed by atoms with Crippen LogP contribution in [0.2, 0.25) is 0 Å². The molecule has 0 N–H and O–H groups in total. The number of benzene rings is 2. The molecule has 3 saturated heterocycles. The van der Waals surface area contributed by atoms with Crippen LogP contribution in [0.4, 0.5) is 0 Å². The van der Waals surface area contributed by atoms with E-state index in [-0.39, 0.29) is 0 Å². The molecule has 1 atom stereocenters. The minimum absolute atomic E-state index is 0.761. The van der Waals surface area contributed by atoms with E-state index in [1.54, 1.807) is 0 Å². The molecule has 3 aliphatic heterocycles. The molecule has 1 nitrogen and oxygen atoms in total. The molecule has 1 heteroatoms. The summed E-state index contributed by atoms with van der Waals surface area (Å²) in [7, 11) is 0. The van der Waals surface area contributed by atoms with Crippen LogP contribution in [0.1, 0.15) is 18.4 Å². The van der Waals surface area contributed by atoms with Gasteiger partial charge >= 0.3 is 0 Å². The molecule has 2 aromatic rings. The van der Waals surface area contributed by atoms with Crippen molar-refractivity contribution in [2.45, 2.75) is 12.8 Å². The molecule has 3 fully saturated rings. The number of hydrogen-bond donors (Lipinski definition) is 0. The maximum Gasteiger partial charge on any atom is 0.00471 e. The molecule has 0 spiro atoms. The van der Waals surface area contributed by atoms with Crippen molar-refractivity contribution in [1.82, 2.24) is 4.90 Å². The summed E-state index contributed by atoms with van der Waals surface area (Å²) in [5.74, 6) is 1.68. The van der Waals surface area contributed by atoms with E-state index in [0.717, 1.165) is 11.8 Å². The van der Waals surface area contributed by atoms with E-state index in [4.69, 9.17) is 0 Å². The summed E-state index contributed by atoms with van der Waals surface area (Å²) < 4.78 is 0. The standard InChI is InChI=1S/C19H21N/c1-2-7-19-16(4-1)5-3-6-17(19)8-9-18-14-20-12-10-15(18)11-13-20/h1-9,15,18H,10-14H2/b9-8+. The Hall–Kier alpha value is -1.60. The maximum atomic E-state index is 2.62. The van der Waals surface area contributed by atoms with E-state index in [1.807, 2.05) is 0 Å². The van der Waals surface area contributed by atoms with Crippen molar-refractivity contribution in [3.05, 3.63) is 54.1 Å². The van der Waals surface area contributed by atoms with Gasteiger partial charge in [-0.15, -0.1) is 0 Å². The van der Waals surface area contributed by atoms with Gasteiger partial charge in [-0.2, -0.15) is 0 Å². The van der Waals surface area contributed by atoms with E-state index in [1.165, 1.54) is 48.8 Å². The van der Waals surface area contributed by atoms with Gasteiger partial charge in [0.1, 0.15) is 0 Å². The van der Waals surface area contributed by atoms with Crippen LogP contribution in [0.3, 0.4) is 0 Å². The molecule has 1 unspecified atom stereocenters. The molecule has 2 bridgehead atoms. The third-order valence-electron chi connectivity index (χ3n) is 5.05. The number of nitrogens with zero attached hydrogens (tertiary/aromatic N) is 1. The van der Waals surface area contributed by atoms with Gasteiger partial charge in [0.15, 0.2) is 0 Å². The summed E-state index contributed by atoms with van der Waals surface area (Å²) in [4.78, 5) is 2.62. The van der Waals surface area contributed by atoms with E-state index in [2.05, 4.69) is 59.5 Å². The fraction of sp³-hybridized carbons (Fsp3) is 0.368. The first-order valence-corrected chi connectivity index (χ1v) is 7.78. The summed E-state index contributed by atoms with van der Waals surface area (Å²) in [5.41, 5.74) is 1.36. The summed E-state index contributed by atoms with van der Waals surface area (Å²) in [5, 5.41) is 2.70. The highest BCUT2D eigenvalue weighted by Crippen LogP contribution is 2.33. The lowest BCUT2D eigenvalue weighted by Gasteiger charge is -2.43. The molecule has 20 heavy (non-hydrogen) atoms. The van der Waals surface area contributed by atoms with Gasteiger partial charge in [-0.1, -0.05) is 54.6 Å². The van der Waals surface area contributed by atoms with Gasteiger partial charge in [-0.05, 0) is 54.1 Å².